The third-order valence-electron chi connectivity index (χ3n) is 4.55. The molecule has 0 aliphatic heterocycles. The molecule has 1 aromatic rings. The van der Waals surface area contributed by atoms with E-state index in [1.54, 1.807) is 12.1 Å². The van der Waals surface area contributed by atoms with E-state index in [-0.39, 0.29) is 5.41 Å². The van der Waals surface area contributed by atoms with Crippen molar-refractivity contribution in [2.24, 2.45) is 5.41 Å². The molecule has 5 heteroatoms. The second-order valence-electron chi connectivity index (χ2n) is 5.98. The Kier molecular flexibility index (Phi) is 5.27. The predicted octanol–water partition coefficient (Wildman–Crippen LogP) is 3.37. The predicted molar refractivity (Wildman–Crippen MR) is 87.0 cm³/mol. The van der Waals surface area contributed by atoms with Crippen molar-refractivity contribution in [3.63, 3.8) is 0 Å². The third kappa shape index (κ3) is 3.98. The summed E-state index contributed by atoms with van der Waals surface area (Å²) in [4.78, 5) is 0.343. The lowest BCUT2D eigenvalue weighted by molar-refractivity contribution is 0.133. The summed E-state index contributed by atoms with van der Waals surface area (Å²) in [6.45, 7) is 5.69. The molecule has 1 fully saturated rings. The van der Waals surface area contributed by atoms with Gasteiger partial charge in [0.05, 0.1) is 4.90 Å². The Bertz CT molecular complexity index is 543. The molecule has 0 amide bonds. The van der Waals surface area contributed by atoms with Crippen LogP contribution in [0.1, 0.15) is 46.0 Å². The largest absolute Gasteiger partial charge is 0.385 e. The van der Waals surface area contributed by atoms with Crippen LogP contribution >= 0.6 is 0 Å². The highest BCUT2D eigenvalue weighted by atomic mass is 32.2. The van der Waals surface area contributed by atoms with E-state index in [2.05, 4.69) is 23.9 Å². The van der Waals surface area contributed by atoms with E-state index in [1.165, 1.54) is 6.42 Å². The molecule has 1 aliphatic rings. The molecule has 2 rings (SSSR count). The molecule has 0 unspecified atom stereocenters. The molecular weight excluding hydrogens is 284 g/mol. The van der Waals surface area contributed by atoms with Gasteiger partial charge in [-0.1, -0.05) is 20.3 Å². The Hall–Kier alpha value is -1.07. The standard InChI is InChI=1S/C16H26N2O2S/c1-3-12-17-14-6-8-15(9-7-14)21(19,20)18-13-16(4-2)10-5-11-16/h6-9,17-18H,3-5,10-13H2,1-2H3. The van der Waals surface area contributed by atoms with Crippen LogP contribution in [0.2, 0.25) is 0 Å². The molecule has 0 heterocycles. The molecule has 1 saturated carbocycles. The summed E-state index contributed by atoms with van der Waals surface area (Å²) in [5, 5.41) is 3.24. The molecule has 0 saturated heterocycles. The maximum atomic E-state index is 12.3. The van der Waals surface area contributed by atoms with Gasteiger partial charge in [0, 0.05) is 18.8 Å². The Morgan fingerprint density at radius 3 is 2.29 bits per heavy atom. The monoisotopic (exact) mass is 310 g/mol. The van der Waals surface area contributed by atoms with Gasteiger partial charge in [-0.05, 0) is 55.4 Å². The maximum absolute atomic E-state index is 12.3. The topological polar surface area (TPSA) is 58.2 Å². The van der Waals surface area contributed by atoms with E-state index in [0.29, 0.717) is 11.4 Å². The Morgan fingerprint density at radius 1 is 1.14 bits per heavy atom. The normalized spacial score (nSPS) is 17.2. The summed E-state index contributed by atoms with van der Waals surface area (Å²) < 4.78 is 27.4. The van der Waals surface area contributed by atoms with E-state index >= 15 is 0 Å². The van der Waals surface area contributed by atoms with E-state index in [9.17, 15) is 8.42 Å². The second-order valence-corrected chi connectivity index (χ2v) is 7.75. The van der Waals surface area contributed by atoms with E-state index in [1.807, 2.05) is 12.1 Å². The fraction of sp³-hybridized carbons (Fsp3) is 0.625. The Labute approximate surface area is 128 Å². The van der Waals surface area contributed by atoms with Crippen LogP contribution in [0, 0.1) is 5.41 Å². The van der Waals surface area contributed by atoms with E-state index in [0.717, 1.165) is 37.9 Å². The highest BCUT2D eigenvalue weighted by molar-refractivity contribution is 7.89. The average molecular weight is 310 g/mol. The van der Waals surface area contributed by atoms with Crippen molar-refractivity contribution in [3.05, 3.63) is 24.3 Å². The van der Waals surface area contributed by atoms with Gasteiger partial charge in [0.2, 0.25) is 10.0 Å². The van der Waals surface area contributed by atoms with Crippen molar-refractivity contribution in [1.82, 2.24) is 4.72 Å². The molecule has 4 nitrogen and oxygen atoms in total. The molecule has 0 spiro atoms. The quantitative estimate of drug-likeness (QED) is 0.774. The van der Waals surface area contributed by atoms with Crippen LogP contribution in [0.25, 0.3) is 0 Å². The van der Waals surface area contributed by atoms with Crippen LogP contribution in [0.5, 0.6) is 0 Å². The molecule has 118 valence electrons. The van der Waals surface area contributed by atoms with Crippen molar-refractivity contribution in [2.75, 3.05) is 18.4 Å². The van der Waals surface area contributed by atoms with Gasteiger partial charge in [-0.25, -0.2) is 13.1 Å². The van der Waals surface area contributed by atoms with Crippen LogP contribution in [0.4, 0.5) is 5.69 Å². The fourth-order valence-corrected chi connectivity index (χ4v) is 3.84. The van der Waals surface area contributed by atoms with Crippen LogP contribution in [-0.2, 0) is 10.0 Å². The first kappa shape index (κ1) is 16.3. The van der Waals surface area contributed by atoms with Gasteiger partial charge in [0.15, 0.2) is 0 Å². The summed E-state index contributed by atoms with van der Waals surface area (Å²) in [6.07, 6.45) is 5.56. The summed E-state index contributed by atoms with van der Waals surface area (Å²) in [5.41, 5.74) is 1.15. The number of sulfonamides is 1. The number of hydrogen-bond donors (Lipinski definition) is 2. The zero-order valence-corrected chi connectivity index (χ0v) is 13.8. The van der Waals surface area contributed by atoms with Gasteiger partial charge in [-0.3, -0.25) is 0 Å². The number of anilines is 1. The third-order valence-corrected chi connectivity index (χ3v) is 5.96. The second kappa shape index (κ2) is 6.79. The zero-order chi connectivity index (χ0) is 15.3. The SMILES string of the molecule is CCCNc1ccc(S(=O)(=O)NCC2(CC)CCC2)cc1. The molecule has 21 heavy (non-hydrogen) atoms. The molecule has 2 N–H and O–H groups in total. The molecule has 0 atom stereocenters. The van der Waals surface area contributed by atoms with Crippen LogP contribution in [0.15, 0.2) is 29.2 Å². The minimum absolute atomic E-state index is 0.190. The average Bonchev–Trinajstić information content (AvgIpc) is 2.45. The van der Waals surface area contributed by atoms with Crippen LogP contribution < -0.4 is 10.0 Å². The fourth-order valence-electron chi connectivity index (χ4n) is 2.68. The lowest BCUT2D eigenvalue weighted by Crippen LogP contribution is -2.41. The molecular formula is C16H26N2O2S. The summed E-state index contributed by atoms with van der Waals surface area (Å²) in [7, 11) is -3.39. The van der Waals surface area contributed by atoms with Crippen LogP contribution in [-0.4, -0.2) is 21.5 Å². The van der Waals surface area contributed by atoms with Gasteiger partial charge in [0.25, 0.3) is 0 Å². The molecule has 0 bridgehead atoms. The molecule has 1 aliphatic carbocycles. The maximum Gasteiger partial charge on any atom is 0.240 e. The number of benzene rings is 1. The van der Waals surface area contributed by atoms with E-state index in [4.69, 9.17) is 0 Å². The summed E-state index contributed by atoms with van der Waals surface area (Å²) in [5.74, 6) is 0. The highest BCUT2D eigenvalue weighted by Gasteiger charge is 2.36. The first-order chi connectivity index (χ1) is 10.0. The zero-order valence-electron chi connectivity index (χ0n) is 13.0. The molecule has 0 aromatic heterocycles. The lowest BCUT2D eigenvalue weighted by Gasteiger charge is -2.41. The number of rotatable bonds is 8. The first-order valence-corrected chi connectivity index (χ1v) is 9.33. The van der Waals surface area contributed by atoms with Crippen molar-refractivity contribution < 1.29 is 8.42 Å². The molecule has 1 aromatic carbocycles. The van der Waals surface area contributed by atoms with Crippen LogP contribution in [0.3, 0.4) is 0 Å². The Morgan fingerprint density at radius 2 is 1.81 bits per heavy atom. The van der Waals surface area contributed by atoms with Crippen molar-refractivity contribution in [2.45, 2.75) is 50.8 Å². The van der Waals surface area contributed by atoms with Gasteiger partial charge in [0.1, 0.15) is 0 Å². The number of nitrogens with one attached hydrogen (secondary N) is 2. The molecule has 0 radical (unpaired) electrons. The van der Waals surface area contributed by atoms with Gasteiger partial charge < -0.3 is 5.32 Å². The van der Waals surface area contributed by atoms with E-state index < -0.39 is 10.0 Å². The van der Waals surface area contributed by atoms with Gasteiger partial charge in [-0.15, -0.1) is 0 Å². The van der Waals surface area contributed by atoms with Gasteiger partial charge >= 0.3 is 0 Å². The smallest absolute Gasteiger partial charge is 0.240 e. The lowest BCUT2D eigenvalue weighted by atomic mass is 9.67. The van der Waals surface area contributed by atoms with Gasteiger partial charge in [-0.2, -0.15) is 0 Å². The summed E-state index contributed by atoms with van der Waals surface area (Å²) in [6, 6.07) is 6.98. The minimum atomic E-state index is -3.39. The number of hydrogen-bond acceptors (Lipinski definition) is 3. The van der Waals surface area contributed by atoms with Crippen molar-refractivity contribution in [3.8, 4) is 0 Å². The first-order valence-electron chi connectivity index (χ1n) is 7.85. The Balaban J connectivity index is 1.98. The minimum Gasteiger partial charge on any atom is -0.385 e. The summed E-state index contributed by atoms with van der Waals surface area (Å²) >= 11 is 0. The highest BCUT2D eigenvalue weighted by Crippen LogP contribution is 2.43. The van der Waals surface area contributed by atoms with Crippen molar-refractivity contribution >= 4 is 15.7 Å². The van der Waals surface area contributed by atoms with Crippen molar-refractivity contribution in [1.29, 1.82) is 0 Å².